The van der Waals surface area contributed by atoms with Crippen LogP contribution in [0.1, 0.15) is 21.5 Å². The fourth-order valence-corrected chi connectivity index (χ4v) is 2.75. The molecule has 0 saturated carbocycles. The van der Waals surface area contributed by atoms with Gasteiger partial charge in [-0.2, -0.15) is 0 Å². The number of nitrogens with one attached hydrogen (secondary N) is 1. The fourth-order valence-electron chi connectivity index (χ4n) is 2.26. The zero-order valence-corrected chi connectivity index (χ0v) is 15.2. The van der Waals surface area contributed by atoms with Crippen LogP contribution in [0.2, 0.25) is 10.0 Å². The standard InChI is InChI=1S/C18H18Cl2N2O2/c1-11-7-8-12(2)13(9-11)18(24)22(3)10-16(23)21-17-14(19)5-4-6-15(17)20/h4-9H,10H2,1-3H3,(H,21,23). The van der Waals surface area contributed by atoms with E-state index in [1.165, 1.54) is 4.90 Å². The molecular weight excluding hydrogens is 347 g/mol. The maximum Gasteiger partial charge on any atom is 0.254 e. The Morgan fingerprint density at radius 2 is 1.71 bits per heavy atom. The summed E-state index contributed by atoms with van der Waals surface area (Å²) in [5.41, 5.74) is 2.79. The van der Waals surface area contributed by atoms with Gasteiger partial charge in [0, 0.05) is 12.6 Å². The van der Waals surface area contributed by atoms with Gasteiger partial charge in [-0.1, -0.05) is 47.0 Å². The number of amides is 2. The van der Waals surface area contributed by atoms with Gasteiger partial charge in [0.2, 0.25) is 5.91 Å². The third kappa shape index (κ3) is 4.28. The number of hydrogen-bond donors (Lipinski definition) is 1. The van der Waals surface area contributed by atoms with Gasteiger partial charge in [-0.25, -0.2) is 0 Å². The normalized spacial score (nSPS) is 10.4. The van der Waals surface area contributed by atoms with Gasteiger partial charge in [0.05, 0.1) is 22.3 Å². The molecule has 24 heavy (non-hydrogen) atoms. The second-order valence-electron chi connectivity index (χ2n) is 5.62. The molecule has 1 N–H and O–H groups in total. The largest absolute Gasteiger partial charge is 0.332 e. The van der Waals surface area contributed by atoms with Crippen molar-refractivity contribution in [3.05, 3.63) is 63.1 Å². The van der Waals surface area contributed by atoms with Gasteiger partial charge in [-0.15, -0.1) is 0 Å². The van der Waals surface area contributed by atoms with Crippen LogP contribution in [0.25, 0.3) is 0 Å². The van der Waals surface area contributed by atoms with E-state index in [9.17, 15) is 9.59 Å². The highest BCUT2D eigenvalue weighted by Gasteiger charge is 2.18. The molecule has 0 aliphatic rings. The van der Waals surface area contributed by atoms with Gasteiger partial charge in [0.1, 0.15) is 0 Å². The topological polar surface area (TPSA) is 49.4 Å². The van der Waals surface area contributed by atoms with Gasteiger partial charge in [-0.05, 0) is 37.6 Å². The smallest absolute Gasteiger partial charge is 0.254 e. The van der Waals surface area contributed by atoms with E-state index in [0.717, 1.165) is 11.1 Å². The Labute approximate surface area is 151 Å². The van der Waals surface area contributed by atoms with Crippen LogP contribution >= 0.6 is 23.2 Å². The van der Waals surface area contributed by atoms with Crippen LogP contribution in [0.4, 0.5) is 5.69 Å². The summed E-state index contributed by atoms with van der Waals surface area (Å²) in [5.74, 6) is -0.581. The minimum absolute atomic E-state index is 0.103. The van der Waals surface area contributed by atoms with Crippen LogP contribution in [0.3, 0.4) is 0 Å². The van der Waals surface area contributed by atoms with Crippen molar-refractivity contribution < 1.29 is 9.59 Å². The van der Waals surface area contributed by atoms with Gasteiger partial charge in [-0.3, -0.25) is 9.59 Å². The molecule has 2 rings (SSSR count). The Hall–Kier alpha value is -2.04. The van der Waals surface area contributed by atoms with E-state index < -0.39 is 0 Å². The second-order valence-corrected chi connectivity index (χ2v) is 6.44. The Kier molecular flexibility index (Phi) is 5.86. The molecule has 2 amide bonds. The van der Waals surface area contributed by atoms with Crippen molar-refractivity contribution in [1.29, 1.82) is 0 Å². The molecule has 0 atom stereocenters. The summed E-state index contributed by atoms with van der Waals surface area (Å²) in [7, 11) is 1.58. The lowest BCUT2D eigenvalue weighted by atomic mass is 10.0. The van der Waals surface area contributed by atoms with Gasteiger partial charge in [0.15, 0.2) is 0 Å². The third-order valence-corrected chi connectivity index (χ3v) is 4.21. The first-order valence-electron chi connectivity index (χ1n) is 7.36. The van der Waals surface area contributed by atoms with E-state index >= 15 is 0 Å². The summed E-state index contributed by atoms with van der Waals surface area (Å²) in [6.45, 7) is 3.68. The van der Waals surface area contributed by atoms with Gasteiger partial charge < -0.3 is 10.2 Å². The molecule has 0 aliphatic carbocycles. The predicted octanol–water partition coefficient (Wildman–Crippen LogP) is 4.32. The molecule has 0 spiro atoms. The molecule has 0 fully saturated rings. The summed E-state index contributed by atoms with van der Waals surface area (Å²) in [6, 6.07) is 10.6. The fraction of sp³-hybridized carbons (Fsp3) is 0.222. The number of likely N-dealkylation sites (N-methyl/N-ethyl adjacent to an activating group) is 1. The van der Waals surface area contributed by atoms with Crippen molar-refractivity contribution in [2.45, 2.75) is 13.8 Å². The van der Waals surface area contributed by atoms with E-state index in [4.69, 9.17) is 23.2 Å². The lowest BCUT2D eigenvalue weighted by Crippen LogP contribution is -2.35. The van der Waals surface area contributed by atoms with Gasteiger partial charge >= 0.3 is 0 Å². The molecule has 0 aliphatic heterocycles. The van der Waals surface area contributed by atoms with Crippen LogP contribution in [0.5, 0.6) is 0 Å². The number of aryl methyl sites for hydroxylation is 2. The van der Waals surface area contributed by atoms with Crippen molar-refractivity contribution >= 4 is 40.7 Å². The average Bonchev–Trinajstić information content (AvgIpc) is 2.52. The van der Waals surface area contributed by atoms with Crippen molar-refractivity contribution in [3.8, 4) is 0 Å². The third-order valence-electron chi connectivity index (χ3n) is 3.58. The van der Waals surface area contributed by atoms with Crippen LogP contribution in [-0.2, 0) is 4.79 Å². The number of anilines is 1. The van der Waals surface area contributed by atoms with Crippen LogP contribution in [0.15, 0.2) is 36.4 Å². The van der Waals surface area contributed by atoms with Crippen molar-refractivity contribution in [1.82, 2.24) is 4.90 Å². The Balaban J connectivity index is 2.08. The molecule has 0 radical (unpaired) electrons. The zero-order chi connectivity index (χ0) is 17.9. The number of benzene rings is 2. The first-order valence-corrected chi connectivity index (χ1v) is 8.11. The summed E-state index contributed by atoms with van der Waals surface area (Å²) in [6.07, 6.45) is 0. The number of para-hydroxylation sites is 1. The summed E-state index contributed by atoms with van der Waals surface area (Å²) < 4.78 is 0. The zero-order valence-electron chi connectivity index (χ0n) is 13.7. The molecule has 4 nitrogen and oxygen atoms in total. The first kappa shape index (κ1) is 18.3. The summed E-state index contributed by atoms with van der Waals surface area (Å²) in [5, 5.41) is 3.34. The van der Waals surface area contributed by atoms with Crippen LogP contribution in [-0.4, -0.2) is 30.3 Å². The van der Waals surface area contributed by atoms with E-state index in [1.54, 1.807) is 25.2 Å². The number of hydrogen-bond acceptors (Lipinski definition) is 2. The molecule has 6 heteroatoms. The van der Waals surface area contributed by atoms with E-state index in [-0.39, 0.29) is 18.4 Å². The lowest BCUT2D eigenvalue weighted by Gasteiger charge is -2.19. The minimum atomic E-state index is -0.369. The van der Waals surface area contributed by atoms with E-state index in [1.807, 2.05) is 32.0 Å². The first-order chi connectivity index (χ1) is 11.3. The maximum absolute atomic E-state index is 12.5. The highest BCUT2D eigenvalue weighted by atomic mass is 35.5. The average molecular weight is 365 g/mol. The second kappa shape index (κ2) is 7.69. The molecule has 0 unspecified atom stereocenters. The van der Waals surface area contributed by atoms with Gasteiger partial charge in [0.25, 0.3) is 5.91 Å². The molecule has 0 heterocycles. The maximum atomic E-state index is 12.5. The lowest BCUT2D eigenvalue weighted by molar-refractivity contribution is -0.116. The summed E-state index contributed by atoms with van der Waals surface area (Å²) >= 11 is 12.1. The molecule has 0 aromatic heterocycles. The van der Waals surface area contributed by atoms with E-state index in [2.05, 4.69) is 5.32 Å². The number of rotatable bonds is 4. The predicted molar refractivity (Wildman–Crippen MR) is 98.0 cm³/mol. The Bertz CT molecular complexity index is 770. The molecule has 0 saturated heterocycles. The summed E-state index contributed by atoms with van der Waals surface area (Å²) in [4.78, 5) is 26.1. The number of nitrogens with zero attached hydrogens (tertiary/aromatic N) is 1. The molecular formula is C18H18Cl2N2O2. The molecule has 2 aromatic carbocycles. The minimum Gasteiger partial charge on any atom is -0.332 e. The van der Waals surface area contributed by atoms with Crippen molar-refractivity contribution in [2.75, 3.05) is 18.9 Å². The molecule has 0 bridgehead atoms. The van der Waals surface area contributed by atoms with E-state index in [0.29, 0.717) is 21.3 Å². The highest BCUT2D eigenvalue weighted by Crippen LogP contribution is 2.29. The molecule has 126 valence electrons. The SMILES string of the molecule is Cc1ccc(C)c(C(=O)N(C)CC(=O)Nc2c(Cl)cccc2Cl)c1. The van der Waals surface area contributed by atoms with Crippen LogP contribution in [0, 0.1) is 13.8 Å². The number of halogens is 2. The quantitative estimate of drug-likeness (QED) is 0.877. The van der Waals surface area contributed by atoms with Crippen LogP contribution < -0.4 is 5.32 Å². The van der Waals surface area contributed by atoms with Crippen molar-refractivity contribution in [2.24, 2.45) is 0 Å². The van der Waals surface area contributed by atoms with Crippen molar-refractivity contribution in [3.63, 3.8) is 0 Å². The number of carbonyl (C=O) groups is 2. The Morgan fingerprint density at radius 1 is 1.08 bits per heavy atom. The Morgan fingerprint density at radius 3 is 2.33 bits per heavy atom. The monoisotopic (exact) mass is 364 g/mol. The number of carbonyl (C=O) groups excluding carboxylic acids is 2. The highest BCUT2D eigenvalue weighted by molar-refractivity contribution is 6.39. The molecule has 2 aromatic rings.